The predicted octanol–water partition coefficient (Wildman–Crippen LogP) is 15.6. The molecule has 0 amide bonds. The van der Waals surface area contributed by atoms with Crippen molar-refractivity contribution in [2.45, 2.75) is 0 Å². The molecule has 0 saturated carbocycles. The highest BCUT2D eigenvalue weighted by Crippen LogP contribution is 2.54. The van der Waals surface area contributed by atoms with E-state index >= 15 is 0 Å². The highest BCUT2D eigenvalue weighted by Gasteiger charge is 2.37. The minimum Gasteiger partial charge on any atom is -0.305 e. The molecule has 0 fully saturated rings. The van der Waals surface area contributed by atoms with Crippen LogP contribution in [0.4, 0.5) is 0 Å². The molecule has 12 nitrogen and oxygen atoms in total. The third kappa shape index (κ3) is 6.07. The first-order valence-corrected chi connectivity index (χ1v) is 26.6. The van der Waals surface area contributed by atoms with E-state index in [0.717, 1.165) is 144 Å². The van der Waals surface area contributed by atoms with Gasteiger partial charge in [-0.3, -0.25) is 24.9 Å². The Morgan fingerprint density at radius 1 is 0.259 bits per heavy atom. The summed E-state index contributed by atoms with van der Waals surface area (Å²) in [5, 5.41) is 27.0. The van der Waals surface area contributed by atoms with Crippen LogP contribution in [0.3, 0.4) is 0 Å². The van der Waals surface area contributed by atoms with Gasteiger partial charge in [-0.15, -0.1) is 0 Å². The molecule has 0 bridgehead atoms. The molecular formula is C69H38N12. The number of para-hydroxylation sites is 5. The Bertz CT molecular complexity index is 5110. The largest absolute Gasteiger partial charge is 0.305 e. The molecule has 0 saturated heterocycles. The maximum atomic E-state index is 11.1. The second kappa shape index (κ2) is 16.9. The molecule has 0 spiro atoms. The van der Waals surface area contributed by atoms with Crippen molar-refractivity contribution in [1.82, 2.24) is 47.8 Å². The number of nitriles is 2. The van der Waals surface area contributed by atoms with Gasteiger partial charge in [0.25, 0.3) is 0 Å². The van der Waals surface area contributed by atoms with E-state index in [1.165, 1.54) is 0 Å². The molecular weight excluding hydrogens is 997 g/mol. The van der Waals surface area contributed by atoms with Gasteiger partial charge in [-0.1, -0.05) is 91.0 Å². The zero-order valence-electron chi connectivity index (χ0n) is 42.8. The van der Waals surface area contributed by atoms with Crippen LogP contribution < -0.4 is 0 Å². The molecule has 0 atom stereocenters. The summed E-state index contributed by atoms with van der Waals surface area (Å²) in [5.74, 6) is 0. The van der Waals surface area contributed by atoms with Crippen molar-refractivity contribution in [2.24, 2.45) is 0 Å². The van der Waals surface area contributed by atoms with Gasteiger partial charge in [0.05, 0.1) is 134 Å². The van der Waals surface area contributed by atoms with Gasteiger partial charge < -0.3 is 22.8 Å². The van der Waals surface area contributed by atoms with Crippen molar-refractivity contribution in [3.8, 4) is 51.7 Å². The lowest BCUT2D eigenvalue weighted by Gasteiger charge is -2.31. The van der Waals surface area contributed by atoms with Crippen molar-refractivity contribution in [3.05, 3.63) is 242 Å². The minimum atomic E-state index is 0.330. The summed E-state index contributed by atoms with van der Waals surface area (Å²) in [5.41, 5.74) is 18.7. The Morgan fingerprint density at radius 3 is 0.765 bits per heavy atom. The normalized spacial score (nSPS) is 11.9. The number of aromatic nitrogens is 10. The Hall–Kier alpha value is -11.7. The molecule has 7 aromatic carbocycles. The highest BCUT2D eigenvalue weighted by molar-refractivity contribution is 6.17. The van der Waals surface area contributed by atoms with Gasteiger partial charge in [-0.25, -0.2) is 0 Å². The molecule has 17 aromatic rings. The van der Waals surface area contributed by atoms with Crippen LogP contribution in [-0.2, 0) is 0 Å². The number of nitrogens with zero attached hydrogens (tertiary/aromatic N) is 12. The first kappa shape index (κ1) is 44.4. The fourth-order valence-corrected chi connectivity index (χ4v) is 13.1. The average molecular weight is 1040 g/mol. The van der Waals surface area contributed by atoms with Gasteiger partial charge in [0.1, 0.15) is 0 Å². The standard InChI is InChI=1S/C69H38N12/c70-39-41-36-42(40-71)38-43(37-41)59-65(77-49-21-6-1-16-44(49)60-54(77)26-11-31-72-60)67(79-51-23-8-3-18-46(51)62-56(79)28-13-33-74-62)69(81-53-25-10-5-20-48(53)64-58(81)30-15-35-76-64)68(80-52-24-9-4-19-47(52)63-57(80)29-14-34-75-63)66(59)78-50-22-7-2-17-45(50)61-55(78)27-12-32-73-61/h1-38H. The fourth-order valence-electron chi connectivity index (χ4n) is 13.1. The molecule has 0 aliphatic carbocycles. The SMILES string of the molecule is N#Cc1cc(C#N)cc(-c2c(-n3c4ccccc4c4ncccc43)c(-n3c4ccccc4c4ncccc43)c(-n3c4ccccc4c4ncccc43)c(-n3c4ccccc4c4ncccc43)c2-n2c3ccccc3c3ncccc32)c1. The van der Waals surface area contributed by atoms with E-state index in [-0.39, 0.29) is 0 Å². The molecule has 10 aromatic heterocycles. The van der Waals surface area contributed by atoms with Crippen LogP contribution in [-0.4, -0.2) is 47.8 Å². The quantitative estimate of drug-likeness (QED) is 0.162. The maximum absolute atomic E-state index is 11.1. The van der Waals surface area contributed by atoms with Crippen LogP contribution in [0.2, 0.25) is 0 Å². The number of hydrogen-bond donors (Lipinski definition) is 0. The van der Waals surface area contributed by atoms with E-state index in [9.17, 15) is 10.5 Å². The van der Waals surface area contributed by atoms with E-state index in [1.54, 1.807) is 6.07 Å². The molecule has 0 aliphatic rings. The Labute approximate surface area is 459 Å². The smallest absolute Gasteiger partial charge is 0.0992 e. The van der Waals surface area contributed by atoms with Crippen LogP contribution >= 0.6 is 0 Å². The van der Waals surface area contributed by atoms with Crippen molar-refractivity contribution in [1.29, 1.82) is 10.5 Å². The fraction of sp³-hybridized carbons (Fsp3) is 0. The van der Waals surface area contributed by atoms with Gasteiger partial charge in [-0.2, -0.15) is 10.5 Å². The number of fused-ring (bicyclic) bond motifs is 15. The molecule has 0 radical (unpaired) electrons. The van der Waals surface area contributed by atoms with Crippen LogP contribution in [0.1, 0.15) is 11.1 Å². The Balaban J connectivity index is 1.31. The molecule has 0 unspecified atom stereocenters. The lowest BCUT2D eigenvalue weighted by atomic mass is 9.93. The maximum Gasteiger partial charge on any atom is 0.0992 e. The molecule has 12 heteroatoms. The molecule has 81 heavy (non-hydrogen) atoms. The van der Waals surface area contributed by atoms with Crippen LogP contribution in [0, 0.1) is 22.7 Å². The molecule has 10 heterocycles. The molecule has 0 N–H and O–H groups in total. The second-order valence-electron chi connectivity index (χ2n) is 20.3. The zero-order chi connectivity index (χ0) is 53.4. The van der Waals surface area contributed by atoms with Crippen LogP contribution in [0.15, 0.2) is 231 Å². The van der Waals surface area contributed by atoms with Gasteiger partial charge in [0, 0.05) is 63.5 Å². The molecule has 17 rings (SSSR count). The number of pyridine rings is 5. The van der Waals surface area contributed by atoms with E-state index in [1.807, 2.05) is 73.4 Å². The summed E-state index contributed by atoms with van der Waals surface area (Å²) in [6, 6.07) is 73.5. The minimum absolute atomic E-state index is 0.330. The molecule has 0 aliphatic heterocycles. The Kier molecular flexibility index (Phi) is 9.26. The van der Waals surface area contributed by atoms with Gasteiger partial charge in [0.2, 0.25) is 0 Å². The average Bonchev–Trinajstić information content (AvgIpc) is 3.80. The van der Waals surface area contributed by atoms with E-state index in [4.69, 9.17) is 24.9 Å². The predicted molar refractivity (Wildman–Crippen MR) is 322 cm³/mol. The van der Waals surface area contributed by atoms with Gasteiger partial charge in [-0.05, 0) is 115 Å². The monoisotopic (exact) mass is 1030 g/mol. The summed E-state index contributed by atoms with van der Waals surface area (Å²) in [6.45, 7) is 0. The lowest BCUT2D eigenvalue weighted by molar-refractivity contribution is 0.999. The summed E-state index contributed by atoms with van der Waals surface area (Å²) in [7, 11) is 0. The first-order chi connectivity index (χ1) is 40.2. The highest BCUT2D eigenvalue weighted by atomic mass is 15.2. The van der Waals surface area contributed by atoms with E-state index in [0.29, 0.717) is 16.7 Å². The topological polar surface area (TPSA) is 137 Å². The second-order valence-corrected chi connectivity index (χ2v) is 20.3. The summed E-state index contributed by atoms with van der Waals surface area (Å²) in [4.78, 5) is 26.0. The summed E-state index contributed by atoms with van der Waals surface area (Å²) >= 11 is 0. The molecule has 374 valence electrons. The first-order valence-electron chi connectivity index (χ1n) is 26.6. The van der Waals surface area contributed by atoms with E-state index in [2.05, 4.69) is 187 Å². The van der Waals surface area contributed by atoms with Crippen LogP contribution in [0.25, 0.3) is 149 Å². The zero-order valence-corrected chi connectivity index (χ0v) is 42.8. The third-order valence-corrected chi connectivity index (χ3v) is 16.1. The van der Waals surface area contributed by atoms with Crippen molar-refractivity contribution in [3.63, 3.8) is 0 Å². The Morgan fingerprint density at radius 2 is 0.494 bits per heavy atom. The van der Waals surface area contributed by atoms with Crippen molar-refractivity contribution < 1.29 is 0 Å². The van der Waals surface area contributed by atoms with Crippen LogP contribution in [0.5, 0.6) is 0 Å². The van der Waals surface area contributed by atoms with Crippen molar-refractivity contribution >= 4 is 110 Å². The summed E-state index contributed by atoms with van der Waals surface area (Å²) in [6.07, 6.45) is 9.28. The van der Waals surface area contributed by atoms with E-state index < -0.39 is 0 Å². The lowest BCUT2D eigenvalue weighted by Crippen LogP contribution is -2.18. The van der Waals surface area contributed by atoms with Gasteiger partial charge in [0.15, 0.2) is 0 Å². The number of rotatable bonds is 6. The van der Waals surface area contributed by atoms with Gasteiger partial charge >= 0.3 is 0 Å². The third-order valence-electron chi connectivity index (χ3n) is 16.1. The number of benzene rings is 7. The van der Waals surface area contributed by atoms with Crippen molar-refractivity contribution in [2.75, 3.05) is 0 Å². The number of hydrogen-bond acceptors (Lipinski definition) is 7. The summed E-state index contributed by atoms with van der Waals surface area (Å²) < 4.78 is 11.9.